The van der Waals surface area contributed by atoms with Gasteiger partial charge in [0.25, 0.3) is 0 Å². The van der Waals surface area contributed by atoms with Crippen LogP contribution in [-0.2, 0) is 11.0 Å². The fourth-order valence-electron chi connectivity index (χ4n) is 2.80. The summed E-state index contributed by atoms with van der Waals surface area (Å²) in [7, 11) is -2.01. The highest BCUT2D eigenvalue weighted by molar-refractivity contribution is 6.74. The zero-order valence-electron chi connectivity index (χ0n) is 17.0. The van der Waals surface area contributed by atoms with Crippen molar-refractivity contribution >= 4 is 14.1 Å². The van der Waals surface area contributed by atoms with E-state index in [-0.39, 0.29) is 36.1 Å². The number of anilines is 1. The molecule has 0 N–H and O–H groups in total. The zero-order chi connectivity index (χ0) is 20.7. The number of hydrogen-bond acceptors (Lipinski definition) is 3. The van der Waals surface area contributed by atoms with Crippen LogP contribution in [0.25, 0.3) is 11.1 Å². The Morgan fingerprint density at radius 1 is 1.21 bits per heavy atom. The van der Waals surface area contributed by atoms with E-state index in [0.29, 0.717) is 11.1 Å². The molecule has 1 aromatic carbocycles. The number of nitrogens with zero attached hydrogens (tertiary/aromatic N) is 2. The average Bonchev–Trinajstić information content (AvgIpc) is 2.57. The van der Waals surface area contributed by atoms with E-state index in [1.54, 1.807) is 18.2 Å². The largest absolute Gasteiger partial charge is 0.412 e. The van der Waals surface area contributed by atoms with Crippen molar-refractivity contribution in [1.29, 1.82) is 0 Å². The van der Waals surface area contributed by atoms with Crippen molar-refractivity contribution in [2.45, 2.75) is 51.7 Å². The van der Waals surface area contributed by atoms with Gasteiger partial charge in [-0.1, -0.05) is 39.0 Å². The van der Waals surface area contributed by atoms with Crippen LogP contribution < -0.4 is 4.90 Å². The predicted molar refractivity (Wildman–Crippen MR) is 109 cm³/mol. The topological polar surface area (TPSA) is 25.4 Å². The van der Waals surface area contributed by atoms with Gasteiger partial charge in [-0.2, -0.15) is 0 Å². The van der Waals surface area contributed by atoms with Crippen LogP contribution in [0, 0.1) is 11.6 Å². The summed E-state index contributed by atoms with van der Waals surface area (Å²) >= 11 is 0. The van der Waals surface area contributed by atoms with Crippen molar-refractivity contribution < 1.29 is 17.6 Å². The number of aromatic nitrogens is 1. The summed E-state index contributed by atoms with van der Waals surface area (Å²) in [6, 6.07) is 6.27. The Balaban J connectivity index is 1.82. The second kappa shape index (κ2) is 7.52. The van der Waals surface area contributed by atoms with E-state index in [0.717, 1.165) is 0 Å². The number of alkyl halides is 1. The molecule has 0 amide bonds. The molecular formula is C21H27F3N2OSi. The van der Waals surface area contributed by atoms with Gasteiger partial charge in [-0.05, 0) is 24.2 Å². The van der Waals surface area contributed by atoms with Gasteiger partial charge in [-0.3, -0.25) is 0 Å². The van der Waals surface area contributed by atoms with E-state index in [9.17, 15) is 8.78 Å². The van der Waals surface area contributed by atoms with Crippen molar-refractivity contribution in [2.24, 2.45) is 0 Å². The van der Waals surface area contributed by atoms with Gasteiger partial charge < -0.3 is 9.33 Å². The van der Waals surface area contributed by atoms with E-state index >= 15 is 4.39 Å². The number of halogens is 3. The fourth-order valence-corrected chi connectivity index (χ4v) is 3.75. The van der Waals surface area contributed by atoms with Gasteiger partial charge >= 0.3 is 0 Å². The highest BCUT2D eigenvalue weighted by atomic mass is 28.4. The number of benzene rings is 1. The highest BCUT2D eigenvalue weighted by Crippen LogP contribution is 2.37. The van der Waals surface area contributed by atoms with Crippen molar-refractivity contribution in [3.8, 4) is 11.1 Å². The van der Waals surface area contributed by atoms with Crippen LogP contribution in [0.2, 0.25) is 18.1 Å². The van der Waals surface area contributed by atoms with Gasteiger partial charge in [0.05, 0.1) is 19.7 Å². The molecule has 1 aliphatic rings. The molecule has 3 rings (SSSR count). The Labute approximate surface area is 165 Å². The summed E-state index contributed by atoms with van der Waals surface area (Å²) < 4.78 is 48.6. The van der Waals surface area contributed by atoms with E-state index in [4.69, 9.17) is 4.43 Å². The lowest BCUT2D eigenvalue weighted by Gasteiger charge is -2.36. The van der Waals surface area contributed by atoms with Crippen LogP contribution in [0.3, 0.4) is 0 Å². The van der Waals surface area contributed by atoms with Gasteiger partial charge in [-0.15, -0.1) is 0 Å². The van der Waals surface area contributed by atoms with Crippen LogP contribution >= 0.6 is 0 Å². The molecule has 0 unspecified atom stereocenters. The van der Waals surface area contributed by atoms with Crippen molar-refractivity contribution in [3.05, 3.63) is 47.7 Å². The lowest BCUT2D eigenvalue weighted by molar-refractivity contribution is 0.271. The Morgan fingerprint density at radius 3 is 2.46 bits per heavy atom. The smallest absolute Gasteiger partial charge is 0.192 e. The minimum absolute atomic E-state index is 0.0272. The molecule has 1 fully saturated rings. The van der Waals surface area contributed by atoms with Gasteiger partial charge in [-0.25, -0.2) is 18.2 Å². The van der Waals surface area contributed by atoms with Crippen molar-refractivity contribution in [2.75, 3.05) is 18.0 Å². The third kappa shape index (κ3) is 4.10. The van der Waals surface area contributed by atoms with Crippen molar-refractivity contribution in [3.63, 3.8) is 0 Å². The zero-order valence-corrected chi connectivity index (χ0v) is 18.0. The highest BCUT2D eigenvalue weighted by Gasteiger charge is 2.37. The SMILES string of the molecule is CC(C)(C)[Si](C)(C)OCc1cccc(-c2cnc(N3CC(F)C3)c(F)c2)c1F. The Bertz CT molecular complexity index is 861. The van der Waals surface area contributed by atoms with E-state index in [1.165, 1.54) is 17.2 Å². The molecule has 1 aliphatic heterocycles. The molecule has 0 bridgehead atoms. The van der Waals surface area contributed by atoms with E-state index in [1.807, 2.05) is 0 Å². The summed E-state index contributed by atoms with van der Waals surface area (Å²) in [4.78, 5) is 5.62. The minimum Gasteiger partial charge on any atom is -0.412 e. The molecule has 2 heterocycles. The lowest BCUT2D eigenvalue weighted by Crippen LogP contribution is -2.49. The van der Waals surface area contributed by atoms with Crippen molar-refractivity contribution in [1.82, 2.24) is 4.98 Å². The normalized spacial score (nSPS) is 15.6. The number of pyridine rings is 1. The molecule has 0 atom stereocenters. The Kier molecular flexibility index (Phi) is 5.60. The summed E-state index contributed by atoms with van der Waals surface area (Å²) in [5.74, 6) is -0.898. The van der Waals surface area contributed by atoms with Gasteiger partial charge in [0.2, 0.25) is 0 Å². The first kappa shape index (κ1) is 20.9. The summed E-state index contributed by atoms with van der Waals surface area (Å²) in [5.41, 5.74) is 1.07. The number of hydrogen-bond donors (Lipinski definition) is 0. The molecule has 2 aromatic rings. The van der Waals surface area contributed by atoms with E-state index in [2.05, 4.69) is 38.8 Å². The van der Waals surface area contributed by atoms with Crippen LogP contribution in [-0.4, -0.2) is 32.6 Å². The quantitative estimate of drug-likeness (QED) is 0.593. The van der Waals surface area contributed by atoms with Gasteiger partial charge in [0.1, 0.15) is 12.0 Å². The minimum atomic E-state index is -2.01. The van der Waals surface area contributed by atoms with Crippen LogP contribution in [0.4, 0.5) is 19.0 Å². The molecule has 152 valence electrons. The first-order valence-electron chi connectivity index (χ1n) is 9.46. The Hall–Kier alpha value is -1.86. The average molecular weight is 409 g/mol. The third-order valence-corrected chi connectivity index (χ3v) is 10.2. The summed E-state index contributed by atoms with van der Waals surface area (Å²) in [5, 5.41) is 0.0272. The monoisotopic (exact) mass is 408 g/mol. The first-order chi connectivity index (χ1) is 13.0. The molecule has 1 aromatic heterocycles. The molecule has 0 spiro atoms. The lowest BCUT2D eigenvalue weighted by atomic mass is 10.0. The second-order valence-electron chi connectivity index (χ2n) is 8.86. The summed E-state index contributed by atoms with van der Waals surface area (Å²) in [6.45, 7) is 11.1. The van der Waals surface area contributed by atoms with Crippen LogP contribution in [0.1, 0.15) is 26.3 Å². The Morgan fingerprint density at radius 2 is 1.89 bits per heavy atom. The van der Waals surface area contributed by atoms with Gasteiger partial charge in [0.15, 0.2) is 20.0 Å². The summed E-state index contributed by atoms with van der Waals surface area (Å²) in [6.07, 6.45) is 0.483. The third-order valence-electron chi connectivity index (χ3n) is 5.74. The predicted octanol–water partition coefficient (Wildman–Crippen LogP) is 5.71. The number of rotatable bonds is 5. The maximum Gasteiger partial charge on any atom is 0.192 e. The first-order valence-corrected chi connectivity index (χ1v) is 12.4. The van der Waals surface area contributed by atoms with Gasteiger partial charge in [0, 0.05) is 22.9 Å². The molecule has 3 nitrogen and oxygen atoms in total. The molecular weight excluding hydrogens is 381 g/mol. The molecule has 7 heteroatoms. The van der Waals surface area contributed by atoms with Crippen LogP contribution in [0.5, 0.6) is 0 Å². The second-order valence-corrected chi connectivity index (χ2v) is 13.7. The molecule has 0 saturated carbocycles. The van der Waals surface area contributed by atoms with E-state index < -0.39 is 26.1 Å². The maximum atomic E-state index is 15.1. The fraction of sp³-hybridized carbons (Fsp3) is 0.476. The van der Waals surface area contributed by atoms with Crippen LogP contribution in [0.15, 0.2) is 30.5 Å². The molecule has 28 heavy (non-hydrogen) atoms. The standard InChI is InChI=1S/C21H27F3N2OSi/c1-21(2,3)28(4,5)27-13-14-7-6-8-17(19(14)24)15-9-18(23)20(25-10-15)26-11-16(22)12-26/h6-10,16H,11-13H2,1-5H3. The maximum absolute atomic E-state index is 15.1. The molecule has 0 aliphatic carbocycles. The molecule has 1 saturated heterocycles. The molecule has 0 radical (unpaired) electrons.